The maximum absolute atomic E-state index is 4.41. The second-order valence-electron chi connectivity index (χ2n) is 5.16. The van der Waals surface area contributed by atoms with E-state index in [1.54, 1.807) is 0 Å². The molecule has 2 aliphatic rings. The molecule has 1 atom stereocenters. The molecular formula is C17H15N3. The van der Waals surface area contributed by atoms with E-state index in [9.17, 15) is 0 Å². The largest absolute Gasteiger partial charge is 0.307 e. The normalized spacial score (nSPS) is 19.5. The number of fused-ring (bicyclic) bond motifs is 2. The minimum Gasteiger partial charge on any atom is -0.307 e. The molecule has 0 saturated carbocycles. The van der Waals surface area contributed by atoms with Crippen LogP contribution in [0.15, 0.2) is 48.6 Å². The van der Waals surface area contributed by atoms with Crippen LogP contribution in [0.3, 0.4) is 0 Å². The Morgan fingerprint density at radius 2 is 1.95 bits per heavy atom. The van der Waals surface area contributed by atoms with E-state index < -0.39 is 0 Å². The molecule has 0 N–H and O–H groups in total. The Kier molecular flexibility index (Phi) is 2.62. The molecule has 0 bridgehead atoms. The van der Waals surface area contributed by atoms with Gasteiger partial charge in [-0.05, 0) is 22.9 Å². The number of hydrogen-bond donors (Lipinski definition) is 0. The molecule has 0 amide bonds. The van der Waals surface area contributed by atoms with Gasteiger partial charge in [-0.15, -0.1) is 10.2 Å². The van der Waals surface area contributed by atoms with Crippen molar-refractivity contribution in [3.05, 3.63) is 70.7 Å². The fraction of sp³-hybridized carbons (Fsp3) is 0.176. The summed E-state index contributed by atoms with van der Waals surface area (Å²) >= 11 is 0. The van der Waals surface area contributed by atoms with Crippen LogP contribution < -0.4 is 10.4 Å². The first kappa shape index (κ1) is 11.4. The summed E-state index contributed by atoms with van der Waals surface area (Å²) in [5.41, 5.74) is 0. The van der Waals surface area contributed by atoms with Gasteiger partial charge in [0.1, 0.15) is 5.82 Å². The van der Waals surface area contributed by atoms with Crippen molar-refractivity contribution in [1.82, 2.24) is 14.8 Å². The van der Waals surface area contributed by atoms with Crippen LogP contribution in [0, 0.1) is 0 Å². The van der Waals surface area contributed by atoms with Gasteiger partial charge in [0, 0.05) is 12.5 Å². The number of allylic oxidation sites excluding steroid dienone is 4. The van der Waals surface area contributed by atoms with Crippen LogP contribution in [0.2, 0.25) is 0 Å². The smallest absolute Gasteiger partial charge is 0.157 e. The number of hydrogen-bond acceptors (Lipinski definition) is 2. The van der Waals surface area contributed by atoms with Gasteiger partial charge in [-0.25, -0.2) is 0 Å². The molecule has 98 valence electrons. The Balaban J connectivity index is 1.84. The van der Waals surface area contributed by atoms with E-state index in [2.05, 4.69) is 75.5 Å². The maximum Gasteiger partial charge on any atom is 0.157 e. The van der Waals surface area contributed by atoms with Crippen LogP contribution in [0.4, 0.5) is 0 Å². The van der Waals surface area contributed by atoms with Crippen LogP contribution in [0.5, 0.6) is 0 Å². The van der Waals surface area contributed by atoms with Gasteiger partial charge in [-0.3, -0.25) is 0 Å². The number of aromatic nitrogens is 3. The molecule has 3 heteroatoms. The molecule has 1 aromatic carbocycles. The van der Waals surface area contributed by atoms with E-state index in [-0.39, 0.29) is 0 Å². The average Bonchev–Trinajstić information content (AvgIpc) is 2.81. The summed E-state index contributed by atoms with van der Waals surface area (Å²) in [6, 6.07) is 8.41. The van der Waals surface area contributed by atoms with Crippen molar-refractivity contribution in [2.45, 2.75) is 18.9 Å². The molecule has 0 fully saturated rings. The third-order valence-corrected chi connectivity index (χ3v) is 3.89. The van der Waals surface area contributed by atoms with Crippen LogP contribution >= 0.6 is 0 Å². The van der Waals surface area contributed by atoms with Crippen molar-refractivity contribution >= 4 is 12.2 Å². The highest BCUT2D eigenvalue weighted by Gasteiger charge is 2.18. The van der Waals surface area contributed by atoms with Crippen molar-refractivity contribution in [2.75, 3.05) is 0 Å². The maximum atomic E-state index is 4.41. The van der Waals surface area contributed by atoms with Crippen LogP contribution in [0.1, 0.15) is 24.0 Å². The summed E-state index contributed by atoms with van der Waals surface area (Å²) < 4.78 is 2.22. The zero-order valence-corrected chi connectivity index (χ0v) is 11.1. The summed E-state index contributed by atoms with van der Waals surface area (Å²) in [4.78, 5) is 0. The summed E-state index contributed by atoms with van der Waals surface area (Å²) in [5.74, 6) is 2.34. The van der Waals surface area contributed by atoms with Gasteiger partial charge in [0.05, 0.1) is 0 Å². The Hall–Kier alpha value is -2.42. The molecule has 1 aliphatic heterocycles. The highest BCUT2D eigenvalue weighted by Crippen LogP contribution is 2.24. The zero-order valence-electron chi connectivity index (χ0n) is 11.1. The lowest BCUT2D eigenvalue weighted by Gasteiger charge is -2.13. The van der Waals surface area contributed by atoms with Gasteiger partial charge < -0.3 is 4.57 Å². The minimum atomic E-state index is 0.337. The quantitative estimate of drug-likeness (QED) is 0.779. The lowest BCUT2D eigenvalue weighted by Crippen LogP contribution is -2.23. The number of benzene rings is 1. The van der Waals surface area contributed by atoms with Gasteiger partial charge in [0.15, 0.2) is 5.82 Å². The summed E-state index contributed by atoms with van der Waals surface area (Å²) in [6.45, 7) is 0.833. The molecule has 3 nitrogen and oxygen atoms in total. The average molecular weight is 261 g/mol. The van der Waals surface area contributed by atoms with Crippen molar-refractivity contribution in [1.29, 1.82) is 0 Å². The molecule has 4 rings (SSSR count). The monoisotopic (exact) mass is 261 g/mol. The molecule has 2 aromatic rings. The Bertz CT molecular complexity index is 824. The van der Waals surface area contributed by atoms with Gasteiger partial charge >= 0.3 is 0 Å². The highest BCUT2D eigenvalue weighted by molar-refractivity contribution is 5.46. The first-order valence-electron chi connectivity index (χ1n) is 6.95. The molecular weight excluding hydrogens is 246 g/mol. The van der Waals surface area contributed by atoms with E-state index in [1.807, 2.05) is 0 Å². The van der Waals surface area contributed by atoms with Gasteiger partial charge in [-0.1, -0.05) is 54.6 Å². The van der Waals surface area contributed by atoms with Crippen molar-refractivity contribution in [2.24, 2.45) is 0 Å². The van der Waals surface area contributed by atoms with Crippen LogP contribution in [-0.2, 0) is 6.54 Å². The number of nitrogens with zero attached hydrogens (tertiary/aromatic N) is 3. The molecule has 0 radical (unpaired) electrons. The third-order valence-electron chi connectivity index (χ3n) is 3.89. The molecule has 1 aliphatic carbocycles. The summed E-state index contributed by atoms with van der Waals surface area (Å²) in [7, 11) is 0. The van der Waals surface area contributed by atoms with Crippen LogP contribution in [-0.4, -0.2) is 14.8 Å². The molecule has 0 saturated heterocycles. The first-order chi connectivity index (χ1) is 9.92. The minimum absolute atomic E-state index is 0.337. The predicted molar refractivity (Wildman–Crippen MR) is 79.4 cm³/mol. The molecule has 1 unspecified atom stereocenters. The van der Waals surface area contributed by atoms with Crippen molar-refractivity contribution < 1.29 is 0 Å². The predicted octanol–water partition coefficient (Wildman–Crippen LogP) is 1.50. The van der Waals surface area contributed by atoms with E-state index in [0.29, 0.717) is 5.92 Å². The topological polar surface area (TPSA) is 30.7 Å². The molecule has 0 spiro atoms. The fourth-order valence-electron chi connectivity index (χ4n) is 2.82. The van der Waals surface area contributed by atoms with Crippen molar-refractivity contribution in [3.63, 3.8) is 0 Å². The van der Waals surface area contributed by atoms with E-state index >= 15 is 0 Å². The summed E-state index contributed by atoms with van der Waals surface area (Å²) in [5, 5.41) is 11.3. The lowest BCUT2D eigenvalue weighted by molar-refractivity contribution is 0.687. The second kappa shape index (κ2) is 4.60. The molecule has 1 aromatic heterocycles. The SMILES string of the molecule is C1=CCC(c2nnc3n2CC=c2ccccc2=C3)C=C1. The van der Waals surface area contributed by atoms with Crippen LogP contribution in [0.25, 0.3) is 12.2 Å². The Morgan fingerprint density at radius 1 is 1.05 bits per heavy atom. The van der Waals surface area contributed by atoms with E-state index in [1.165, 1.54) is 10.4 Å². The van der Waals surface area contributed by atoms with Crippen molar-refractivity contribution in [3.8, 4) is 0 Å². The zero-order chi connectivity index (χ0) is 13.4. The van der Waals surface area contributed by atoms with Gasteiger partial charge in [0.25, 0.3) is 0 Å². The fourth-order valence-corrected chi connectivity index (χ4v) is 2.82. The first-order valence-corrected chi connectivity index (χ1v) is 6.95. The lowest BCUT2D eigenvalue weighted by atomic mass is 10.00. The highest BCUT2D eigenvalue weighted by atomic mass is 15.3. The van der Waals surface area contributed by atoms with E-state index in [0.717, 1.165) is 24.6 Å². The van der Waals surface area contributed by atoms with E-state index in [4.69, 9.17) is 0 Å². The standard InChI is InChI=1S/C17H15N3/c1-2-7-14(8-3-1)17-19-18-16-12-15-9-5-4-6-13(15)10-11-20(16)17/h1-7,9-10,12,14H,8,11H2. The Morgan fingerprint density at radius 3 is 2.80 bits per heavy atom. The van der Waals surface area contributed by atoms with Gasteiger partial charge in [-0.2, -0.15) is 0 Å². The molecule has 20 heavy (non-hydrogen) atoms. The van der Waals surface area contributed by atoms with Gasteiger partial charge in [0.2, 0.25) is 0 Å². The Labute approximate surface area is 117 Å². The third kappa shape index (κ3) is 1.83. The molecule has 2 heterocycles. The second-order valence-corrected chi connectivity index (χ2v) is 5.16. The number of rotatable bonds is 1. The summed E-state index contributed by atoms with van der Waals surface area (Å²) in [6.07, 6.45) is 13.9.